The third-order valence-corrected chi connectivity index (χ3v) is 4.17. The predicted octanol–water partition coefficient (Wildman–Crippen LogP) is 2.29. The first-order valence-electron chi connectivity index (χ1n) is 5.93. The number of sulfonamides is 1. The van der Waals surface area contributed by atoms with Crippen molar-refractivity contribution in [3.63, 3.8) is 0 Å². The van der Waals surface area contributed by atoms with E-state index in [4.69, 9.17) is 5.73 Å². The molecule has 0 bridgehead atoms. The van der Waals surface area contributed by atoms with Gasteiger partial charge in [-0.15, -0.1) is 0 Å². The van der Waals surface area contributed by atoms with Gasteiger partial charge in [0.05, 0.1) is 4.92 Å². The predicted molar refractivity (Wildman–Crippen MR) is 79.5 cm³/mol. The molecule has 0 aliphatic carbocycles. The third kappa shape index (κ3) is 3.29. The first kappa shape index (κ1) is 14.8. The van der Waals surface area contributed by atoms with Crippen molar-refractivity contribution < 1.29 is 13.3 Å². The summed E-state index contributed by atoms with van der Waals surface area (Å²) in [6.07, 6.45) is 0. The van der Waals surface area contributed by atoms with Crippen LogP contribution in [0.1, 0.15) is 5.56 Å². The molecule has 0 unspecified atom stereocenters. The molecule has 0 saturated heterocycles. The third-order valence-electron chi connectivity index (χ3n) is 2.74. The molecule has 0 aliphatic heterocycles. The Kier molecular flexibility index (Phi) is 3.81. The summed E-state index contributed by atoms with van der Waals surface area (Å²) in [6.45, 7) is 1.81. The Morgan fingerprint density at radius 1 is 1.19 bits per heavy atom. The largest absolute Gasteiger partial charge is 0.399 e. The molecule has 0 fully saturated rings. The fourth-order valence-corrected chi connectivity index (χ4v) is 3.03. The van der Waals surface area contributed by atoms with Gasteiger partial charge in [0.25, 0.3) is 15.7 Å². The lowest BCUT2D eigenvalue weighted by Crippen LogP contribution is -2.15. The molecule has 0 atom stereocenters. The molecule has 8 heteroatoms. The highest BCUT2D eigenvalue weighted by atomic mass is 32.2. The number of nitrogens with one attached hydrogen (secondary N) is 1. The van der Waals surface area contributed by atoms with Crippen molar-refractivity contribution in [3.05, 3.63) is 58.1 Å². The van der Waals surface area contributed by atoms with Crippen LogP contribution in [-0.2, 0) is 10.0 Å². The Morgan fingerprint density at radius 2 is 1.90 bits per heavy atom. The number of nitrogens with zero attached hydrogens (tertiary/aromatic N) is 1. The van der Waals surface area contributed by atoms with Crippen LogP contribution in [-0.4, -0.2) is 13.3 Å². The van der Waals surface area contributed by atoms with Crippen molar-refractivity contribution >= 4 is 27.1 Å². The monoisotopic (exact) mass is 307 g/mol. The number of rotatable bonds is 4. The van der Waals surface area contributed by atoms with Crippen LogP contribution in [0.5, 0.6) is 0 Å². The van der Waals surface area contributed by atoms with E-state index in [1.54, 1.807) is 18.2 Å². The van der Waals surface area contributed by atoms with Crippen molar-refractivity contribution in [2.75, 3.05) is 10.5 Å². The van der Waals surface area contributed by atoms with Crippen molar-refractivity contribution in [1.29, 1.82) is 0 Å². The van der Waals surface area contributed by atoms with E-state index in [1.165, 1.54) is 6.07 Å². The zero-order valence-corrected chi connectivity index (χ0v) is 11.9. The zero-order valence-electron chi connectivity index (χ0n) is 11.1. The van der Waals surface area contributed by atoms with E-state index in [2.05, 4.69) is 4.72 Å². The minimum absolute atomic E-state index is 0.121. The van der Waals surface area contributed by atoms with E-state index in [9.17, 15) is 18.5 Å². The van der Waals surface area contributed by atoms with Gasteiger partial charge in [0, 0.05) is 17.4 Å². The summed E-state index contributed by atoms with van der Waals surface area (Å²) >= 11 is 0. The van der Waals surface area contributed by atoms with Crippen LogP contribution in [0.15, 0.2) is 47.4 Å². The van der Waals surface area contributed by atoms with Crippen LogP contribution in [0.4, 0.5) is 17.1 Å². The maximum atomic E-state index is 12.3. The summed E-state index contributed by atoms with van der Waals surface area (Å²) < 4.78 is 26.9. The van der Waals surface area contributed by atoms with Gasteiger partial charge < -0.3 is 5.73 Å². The van der Waals surface area contributed by atoms with Gasteiger partial charge in [0.15, 0.2) is 4.90 Å². The number of nitrogen functional groups attached to an aromatic ring is 1. The summed E-state index contributed by atoms with van der Waals surface area (Å²) in [5.74, 6) is 0. The number of hydrogen-bond acceptors (Lipinski definition) is 5. The van der Waals surface area contributed by atoms with Gasteiger partial charge >= 0.3 is 0 Å². The van der Waals surface area contributed by atoms with E-state index < -0.39 is 25.5 Å². The van der Waals surface area contributed by atoms with Crippen molar-refractivity contribution in [1.82, 2.24) is 0 Å². The molecule has 0 aliphatic rings. The molecular weight excluding hydrogens is 294 g/mol. The van der Waals surface area contributed by atoms with Crippen molar-refractivity contribution in [2.24, 2.45) is 0 Å². The number of aryl methyl sites for hydroxylation is 1. The first-order chi connectivity index (χ1) is 9.79. The highest BCUT2D eigenvalue weighted by molar-refractivity contribution is 7.92. The molecule has 0 spiro atoms. The van der Waals surface area contributed by atoms with Gasteiger partial charge in [0.2, 0.25) is 0 Å². The summed E-state index contributed by atoms with van der Waals surface area (Å²) in [7, 11) is -4.07. The van der Waals surface area contributed by atoms with E-state index >= 15 is 0 Å². The minimum atomic E-state index is -4.07. The second kappa shape index (κ2) is 5.41. The van der Waals surface area contributed by atoms with Gasteiger partial charge in [0.1, 0.15) is 0 Å². The van der Waals surface area contributed by atoms with Gasteiger partial charge in [-0.05, 0) is 36.8 Å². The molecule has 0 heterocycles. The van der Waals surface area contributed by atoms with Crippen LogP contribution in [0.25, 0.3) is 0 Å². The van der Waals surface area contributed by atoms with Crippen LogP contribution in [0, 0.1) is 17.0 Å². The van der Waals surface area contributed by atoms with E-state index in [-0.39, 0.29) is 5.69 Å². The molecule has 3 N–H and O–H groups in total. The standard InChI is InChI=1S/C13H13N3O4S/c1-9-3-2-4-11(7-9)15-21(19,20)13-6-5-10(14)8-12(13)16(17)18/h2-8,15H,14H2,1H3. The molecule has 21 heavy (non-hydrogen) atoms. The fourth-order valence-electron chi connectivity index (χ4n) is 1.82. The SMILES string of the molecule is Cc1cccc(NS(=O)(=O)c2ccc(N)cc2[N+](=O)[O-])c1. The average molecular weight is 307 g/mol. The number of benzene rings is 2. The summed E-state index contributed by atoms with van der Waals surface area (Å²) in [6, 6.07) is 10.1. The zero-order chi connectivity index (χ0) is 15.6. The highest BCUT2D eigenvalue weighted by Gasteiger charge is 2.26. The summed E-state index contributed by atoms with van der Waals surface area (Å²) in [4.78, 5) is 9.78. The van der Waals surface area contributed by atoms with Crippen LogP contribution in [0.2, 0.25) is 0 Å². The number of nitrogens with two attached hydrogens (primary N) is 1. The molecule has 2 aromatic rings. The van der Waals surface area contributed by atoms with Crippen molar-refractivity contribution in [2.45, 2.75) is 11.8 Å². The molecule has 2 aromatic carbocycles. The molecule has 7 nitrogen and oxygen atoms in total. The van der Waals surface area contributed by atoms with Crippen LogP contribution >= 0.6 is 0 Å². The van der Waals surface area contributed by atoms with Crippen molar-refractivity contribution in [3.8, 4) is 0 Å². The smallest absolute Gasteiger partial charge is 0.291 e. The second-order valence-corrected chi connectivity index (χ2v) is 6.11. The Morgan fingerprint density at radius 3 is 2.52 bits per heavy atom. The van der Waals surface area contributed by atoms with Gasteiger partial charge in [-0.3, -0.25) is 14.8 Å². The molecule has 0 aromatic heterocycles. The molecule has 2 rings (SSSR count). The lowest BCUT2D eigenvalue weighted by Gasteiger charge is -2.09. The number of nitro groups is 1. The first-order valence-corrected chi connectivity index (χ1v) is 7.41. The Hall–Kier alpha value is -2.61. The Labute approximate surface area is 121 Å². The summed E-state index contributed by atoms with van der Waals surface area (Å²) in [5.41, 5.74) is 6.22. The molecule has 0 radical (unpaired) electrons. The molecular formula is C13H13N3O4S. The van der Waals surface area contributed by atoms with Gasteiger partial charge in [-0.25, -0.2) is 8.42 Å². The summed E-state index contributed by atoms with van der Waals surface area (Å²) in [5, 5.41) is 11.0. The quantitative estimate of drug-likeness (QED) is 0.511. The van der Waals surface area contributed by atoms with E-state index in [0.717, 1.165) is 17.7 Å². The van der Waals surface area contributed by atoms with Gasteiger partial charge in [-0.2, -0.15) is 0 Å². The Balaban J connectivity index is 2.47. The molecule has 0 saturated carbocycles. The number of hydrogen-bond donors (Lipinski definition) is 2. The maximum absolute atomic E-state index is 12.3. The number of anilines is 2. The lowest BCUT2D eigenvalue weighted by atomic mass is 10.2. The topological polar surface area (TPSA) is 115 Å². The molecule has 0 amide bonds. The Bertz CT molecular complexity index is 803. The fraction of sp³-hybridized carbons (Fsp3) is 0.0769. The number of nitro benzene ring substituents is 1. The van der Waals surface area contributed by atoms with Crippen LogP contribution < -0.4 is 10.5 Å². The normalized spacial score (nSPS) is 11.1. The highest BCUT2D eigenvalue weighted by Crippen LogP contribution is 2.27. The van der Waals surface area contributed by atoms with E-state index in [1.807, 2.05) is 13.0 Å². The maximum Gasteiger partial charge on any atom is 0.291 e. The van der Waals surface area contributed by atoms with Crippen LogP contribution in [0.3, 0.4) is 0 Å². The van der Waals surface area contributed by atoms with E-state index in [0.29, 0.717) is 5.69 Å². The minimum Gasteiger partial charge on any atom is -0.399 e. The molecule has 110 valence electrons. The average Bonchev–Trinajstić information content (AvgIpc) is 2.37. The second-order valence-electron chi connectivity index (χ2n) is 4.46. The van der Waals surface area contributed by atoms with Gasteiger partial charge in [-0.1, -0.05) is 12.1 Å². The lowest BCUT2D eigenvalue weighted by molar-refractivity contribution is -0.387.